The fourth-order valence-electron chi connectivity index (χ4n) is 3.62. The molecule has 2 aromatic rings. The van der Waals surface area contributed by atoms with Crippen molar-refractivity contribution in [1.29, 1.82) is 0 Å². The van der Waals surface area contributed by atoms with Gasteiger partial charge in [0.2, 0.25) is 17.7 Å². The zero-order valence-electron chi connectivity index (χ0n) is 21.5. The van der Waals surface area contributed by atoms with Gasteiger partial charge >= 0.3 is 6.18 Å². The minimum atomic E-state index is -4.48. The molecule has 0 radical (unpaired) electrons. The molecule has 8 N–H and O–H groups in total. The first kappa shape index (κ1) is 31.5. The quantitative estimate of drug-likeness (QED) is 0.221. The molecule has 2 aromatic carbocycles. The van der Waals surface area contributed by atoms with Crippen LogP contribution in [0.3, 0.4) is 0 Å². The van der Waals surface area contributed by atoms with Crippen molar-refractivity contribution in [1.82, 2.24) is 10.2 Å². The zero-order chi connectivity index (χ0) is 28.8. The van der Waals surface area contributed by atoms with Crippen molar-refractivity contribution in [3.63, 3.8) is 0 Å². The van der Waals surface area contributed by atoms with Crippen molar-refractivity contribution in [2.75, 3.05) is 38.1 Å². The fraction of sp³-hybridized carbons (Fsp3) is 0.423. The SMILES string of the molecule is NCCN(CCN)C(=O)C[C@H](N)C(=O)N[C@@H](CCc1ccccc1)C(=O)Nc1ccc(OCC(F)(F)F)cc1. The van der Waals surface area contributed by atoms with Crippen LogP contribution in [0.15, 0.2) is 54.6 Å². The molecule has 0 unspecified atom stereocenters. The monoisotopic (exact) mass is 552 g/mol. The number of rotatable bonds is 15. The molecule has 0 aliphatic heterocycles. The first-order valence-corrected chi connectivity index (χ1v) is 12.4. The van der Waals surface area contributed by atoms with E-state index >= 15 is 0 Å². The van der Waals surface area contributed by atoms with Crippen LogP contribution in [0.5, 0.6) is 5.75 Å². The van der Waals surface area contributed by atoms with Crippen molar-refractivity contribution in [2.24, 2.45) is 17.2 Å². The maximum absolute atomic E-state index is 13.1. The van der Waals surface area contributed by atoms with E-state index in [0.717, 1.165) is 5.56 Å². The second-order valence-corrected chi connectivity index (χ2v) is 8.77. The lowest BCUT2D eigenvalue weighted by Gasteiger charge is -2.24. The molecule has 2 atom stereocenters. The van der Waals surface area contributed by atoms with Gasteiger partial charge in [-0.15, -0.1) is 0 Å². The lowest BCUT2D eigenvalue weighted by molar-refractivity contribution is -0.153. The minimum absolute atomic E-state index is 0.0202. The highest BCUT2D eigenvalue weighted by atomic mass is 19.4. The smallest absolute Gasteiger partial charge is 0.422 e. The van der Waals surface area contributed by atoms with Gasteiger partial charge in [0, 0.05) is 31.9 Å². The summed E-state index contributed by atoms with van der Waals surface area (Å²) in [5.41, 5.74) is 18.3. The van der Waals surface area contributed by atoms with E-state index in [0.29, 0.717) is 6.42 Å². The van der Waals surface area contributed by atoms with E-state index in [1.165, 1.54) is 29.2 Å². The Morgan fingerprint density at radius 2 is 1.54 bits per heavy atom. The maximum Gasteiger partial charge on any atom is 0.422 e. The van der Waals surface area contributed by atoms with Crippen LogP contribution in [0.25, 0.3) is 0 Å². The van der Waals surface area contributed by atoms with Crippen molar-refractivity contribution in [3.8, 4) is 5.75 Å². The average molecular weight is 553 g/mol. The number of alkyl halides is 3. The van der Waals surface area contributed by atoms with Gasteiger partial charge in [0.25, 0.3) is 0 Å². The Morgan fingerprint density at radius 1 is 0.923 bits per heavy atom. The maximum atomic E-state index is 13.1. The Labute approximate surface area is 225 Å². The third kappa shape index (κ3) is 11.7. The number of carbonyl (C=O) groups is 3. The molecule has 13 heteroatoms. The number of amides is 3. The number of nitrogens with two attached hydrogens (primary N) is 3. The average Bonchev–Trinajstić information content (AvgIpc) is 2.90. The third-order valence-electron chi connectivity index (χ3n) is 5.60. The lowest BCUT2D eigenvalue weighted by Crippen LogP contribution is -2.52. The van der Waals surface area contributed by atoms with Gasteiger partial charge in [-0.3, -0.25) is 14.4 Å². The summed E-state index contributed by atoms with van der Waals surface area (Å²) in [5, 5.41) is 5.26. The van der Waals surface area contributed by atoms with Gasteiger partial charge in [-0.1, -0.05) is 30.3 Å². The number of anilines is 1. The number of ether oxygens (including phenoxy) is 1. The Bertz CT molecular complexity index is 1050. The topological polar surface area (TPSA) is 166 Å². The first-order valence-electron chi connectivity index (χ1n) is 12.4. The largest absolute Gasteiger partial charge is 0.484 e. The van der Waals surface area contributed by atoms with E-state index < -0.39 is 36.7 Å². The van der Waals surface area contributed by atoms with Crippen LogP contribution in [0.4, 0.5) is 18.9 Å². The summed E-state index contributed by atoms with van der Waals surface area (Å²) in [6, 6.07) is 12.4. The number of aryl methyl sites for hydroxylation is 1. The molecular formula is C26H35F3N6O4. The molecule has 2 rings (SSSR count). The fourth-order valence-corrected chi connectivity index (χ4v) is 3.62. The van der Waals surface area contributed by atoms with Gasteiger partial charge < -0.3 is 37.5 Å². The molecule has 0 saturated heterocycles. The number of halogens is 3. The van der Waals surface area contributed by atoms with Crippen molar-refractivity contribution >= 4 is 23.4 Å². The first-order chi connectivity index (χ1) is 18.5. The van der Waals surface area contributed by atoms with E-state index in [1.807, 2.05) is 30.3 Å². The van der Waals surface area contributed by atoms with Gasteiger partial charge in [-0.05, 0) is 42.7 Å². The Morgan fingerprint density at radius 3 is 2.10 bits per heavy atom. The van der Waals surface area contributed by atoms with Crippen molar-refractivity contribution in [2.45, 2.75) is 37.5 Å². The number of benzene rings is 2. The van der Waals surface area contributed by atoms with Gasteiger partial charge in [0.1, 0.15) is 11.8 Å². The molecule has 39 heavy (non-hydrogen) atoms. The summed E-state index contributed by atoms with van der Waals surface area (Å²) >= 11 is 0. The van der Waals surface area contributed by atoms with E-state index in [9.17, 15) is 27.6 Å². The standard InChI is InChI=1S/C26H35F3N6O4/c27-26(28,29)17-39-20-9-7-19(8-10-20)33-25(38)22(11-6-18-4-2-1-3-5-18)34-24(37)21(32)16-23(36)35(14-12-30)15-13-31/h1-5,7-10,21-22H,6,11-17,30-32H2,(H,33,38)(H,34,37)/t21-,22-/m0/s1. The van der Waals surface area contributed by atoms with E-state index in [4.69, 9.17) is 17.2 Å². The van der Waals surface area contributed by atoms with Crippen molar-refractivity contribution in [3.05, 3.63) is 60.2 Å². The van der Waals surface area contributed by atoms with E-state index in [1.54, 1.807) is 0 Å². The molecular weight excluding hydrogens is 517 g/mol. The number of carbonyl (C=O) groups excluding carboxylic acids is 3. The highest BCUT2D eigenvalue weighted by Gasteiger charge is 2.29. The summed E-state index contributed by atoms with van der Waals surface area (Å²) < 4.78 is 41.7. The van der Waals surface area contributed by atoms with Gasteiger partial charge in [0.15, 0.2) is 6.61 Å². The summed E-state index contributed by atoms with van der Waals surface area (Å²) in [6.45, 7) is -0.445. The molecule has 0 bridgehead atoms. The molecule has 10 nitrogen and oxygen atoms in total. The van der Waals surface area contributed by atoms with Crippen LogP contribution >= 0.6 is 0 Å². The summed E-state index contributed by atoms with van der Waals surface area (Å²) in [4.78, 5) is 39.9. The Hall–Kier alpha value is -3.68. The lowest BCUT2D eigenvalue weighted by atomic mass is 10.0. The molecule has 0 aromatic heterocycles. The molecule has 3 amide bonds. The van der Waals surface area contributed by atoms with Crippen LogP contribution in [0.2, 0.25) is 0 Å². The second-order valence-electron chi connectivity index (χ2n) is 8.77. The Kier molecular flexibility index (Phi) is 12.7. The number of hydrogen-bond acceptors (Lipinski definition) is 7. The Balaban J connectivity index is 2.06. The molecule has 0 heterocycles. The predicted molar refractivity (Wildman–Crippen MR) is 141 cm³/mol. The number of nitrogens with zero attached hydrogens (tertiary/aromatic N) is 1. The normalized spacial score (nSPS) is 12.8. The highest BCUT2D eigenvalue weighted by Crippen LogP contribution is 2.20. The van der Waals surface area contributed by atoms with E-state index in [2.05, 4.69) is 15.4 Å². The van der Waals surface area contributed by atoms with E-state index in [-0.39, 0.29) is 56.4 Å². The van der Waals surface area contributed by atoms with Crippen LogP contribution in [-0.2, 0) is 20.8 Å². The number of hydrogen-bond donors (Lipinski definition) is 5. The van der Waals surface area contributed by atoms with Crippen LogP contribution in [0, 0.1) is 0 Å². The molecule has 0 aliphatic carbocycles. The third-order valence-corrected chi connectivity index (χ3v) is 5.60. The molecule has 214 valence electrons. The van der Waals surface area contributed by atoms with Gasteiger partial charge in [0.05, 0.1) is 12.5 Å². The minimum Gasteiger partial charge on any atom is -0.484 e. The summed E-state index contributed by atoms with van der Waals surface area (Å²) in [7, 11) is 0. The molecule has 0 aliphatic rings. The van der Waals surface area contributed by atoms with Crippen LogP contribution < -0.4 is 32.6 Å². The predicted octanol–water partition coefficient (Wildman–Crippen LogP) is 1.15. The van der Waals surface area contributed by atoms with Crippen molar-refractivity contribution < 1.29 is 32.3 Å². The van der Waals surface area contributed by atoms with Crippen LogP contribution in [-0.4, -0.2) is 73.7 Å². The second kappa shape index (κ2) is 15.7. The number of nitrogens with one attached hydrogen (secondary N) is 2. The van der Waals surface area contributed by atoms with Crippen LogP contribution in [0.1, 0.15) is 18.4 Å². The summed E-state index contributed by atoms with van der Waals surface area (Å²) in [5.74, 6) is -1.65. The van der Waals surface area contributed by atoms with Gasteiger partial charge in [-0.2, -0.15) is 13.2 Å². The summed E-state index contributed by atoms with van der Waals surface area (Å²) in [6.07, 6.45) is -4.09. The molecule has 0 fully saturated rings. The zero-order valence-corrected chi connectivity index (χ0v) is 21.5. The molecule has 0 spiro atoms. The molecule has 0 saturated carbocycles. The van der Waals surface area contributed by atoms with Gasteiger partial charge in [-0.25, -0.2) is 0 Å². The highest BCUT2D eigenvalue weighted by molar-refractivity contribution is 5.98.